The second-order valence-corrected chi connectivity index (χ2v) is 7.06. The molecule has 0 N–H and O–H groups in total. The average molecular weight is 346 g/mol. The maximum atomic E-state index is 12.3. The number of esters is 1. The fourth-order valence-corrected chi connectivity index (χ4v) is 4.10. The van der Waals surface area contributed by atoms with Crippen molar-refractivity contribution in [2.45, 2.75) is 11.3 Å². The third kappa shape index (κ3) is 3.47. The lowest BCUT2D eigenvalue weighted by atomic mass is 9.96. The topological polar surface area (TPSA) is 26.3 Å². The highest BCUT2D eigenvalue weighted by Crippen LogP contribution is 2.32. The zero-order valence-electron chi connectivity index (χ0n) is 13.8. The molecule has 0 aromatic heterocycles. The van der Waals surface area contributed by atoms with E-state index in [0.29, 0.717) is 12.4 Å². The van der Waals surface area contributed by atoms with Gasteiger partial charge >= 0.3 is 5.97 Å². The van der Waals surface area contributed by atoms with Crippen LogP contribution in [0.1, 0.15) is 12.0 Å². The Hall–Kier alpha value is -2.52. The lowest BCUT2D eigenvalue weighted by Crippen LogP contribution is -2.18. The van der Waals surface area contributed by atoms with Gasteiger partial charge in [0.2, 0.25) is 0 Å². The minimum absolute atomic E-state index is 0.182. The van der Waals surface area contributed by atoms with Gasteiger partial charge in [0.05, 0.1) is 12.2 Å². The summed E-state index contributed by atoms with van der Waals surface area (Å²) in [6.07, 6.45) is 0.781. The zero-order chi connectivity index (χ0) is 17.1. The van der Waals surface area contributed by atoms with Gasteiger partial charge in [0.15, 0.2) is 0 Å². The molecular formula is C22H18O2S. The number of hydrogen-bond donors (Lipinski definition) is 0. The van der Waals surface area contributed by atoms with Crippen LogP contribution in [0.25, 0.3) is 16.3 Å². The molecule has 0 saturated heterocycles. The van der Waals surface area contributed by atoms with Gasteiger partial charge in [-0.05, 0) is 34.0 Å². The number of benzene rings is 3. The fraction of sp³-hybridized carbons (Fsp3) is 0.136. The zero-order valence-corrected chi connectivity index (χ0v) is 14.6. The molecule has 1 aliphatic heterocycles. The quantitative estimate of drug-likeness (QED) is 0.472. The van der Waals surface area contributed by atoms with Crippen molar-refractivity contribution in [3.63, 3.8) is 0 Å². The summed E-state index contributed by atoms with van der Waals surface area (Å²) in [5.41, 5.74) is 3.02. The Balaban J connectivity index is 1.62. The first kappa shape index (κ1) is 16.0. The van der Waals surface area contributed by atoms with E-state index in [2.05, 4.69) is 42.5 Å². The third-order valence-electron chi connectivity index (χ3n) is 4.42. The van der Waals surface area contributed by atoms with Crippen molar-refractivity contribution in [2.75, 3.05) is 12.4 Å². The summed E-state index contributed by atoms with van der Waals surface area (Å²) in [5.74, 6) is 0.444. The Labute approximate surface area is 151 Å². The van der Waals surface area contributed by atoms with Crippen molar-refractivity contribution in [1.82, 2.24) is 0 Å². The van der Waals surface area contributed by atoms with Gasteiger partial charge in [-0.3, -0.25) is 0 Å². The molecule has 3 aromatic carbocycles. The van der Waals surface area contributed by atoms with Crippen molar-refractivity contribution in [2.24, 2.45) is 0 Å². The molecule has 0 atom stereocenters. The summed E-state index contributed by atoms with van der Waals surface area (Å²) in [5, 5.41) is 2.45. The van der Waals surface area contributed by atoms with E-state index in [1.165, 1.54) is 10.8 Å². The number of thioether (sulfide) groups is 1. The predicted molar refractivity (Wildman–Crippen MR) is 104 cm³/mol. The monoisotopic (exact) mass is 346 g/mol. The molecule has 0 aliphatic carbocycles. The molecule has 0 fully saturated rings. The van der Waals surface area contributed by atoms with E-state index in [4.69, 9.17) is 4.74 Å². The van der Waals surface area contributed by atoms with Gasteiger partial charge in [0.25, 0.3) is 0 Å². The smallest absolute Gasteiger partial charge is 0.335 e. The molecule has 0 amide bonds. The molecule has 3 aromatic rings. The van der Waals surface area contributed by atoms with Gasteiger partial charge in [0.1, 0.15) is 0 Å². The number of fused-ring (bicyclic) bond motifs is 1. The maximum absolute atomic E-state index is 12.3. The Morgan fingerprint density at radius 2 is 1.64 bits per heavy atom. The van der Waals surface area contributed by atoms with Gasteiger partial charge < -0.3 is 4.74 Å². The highest BCUT2D eigenvalue weighted by atomic mass is 32.2. The van der Waals surface area contributed by atoms with E-state index in [-0.39, 0.29) is 5.97 Å². The molecule has 4 rings (SSSR count). The number of ether oxygens (including phenoxy) is 1. The normalized spacial score (nSPS) is 14.6. The summed E-state index contributed by atoms with van der Waals surface area (Å²) in [6.45, 7) is 0.465. The van der Waals surface area contributed by atoms with Crippen LogP contribution in [-0.2, 0) is 9.53 Å². The average Bonchev–Trinajstić information content (AvgIpc) is 2.67. The maximum Gasteiger partial charge on any atom is 0.335 e. The van der Waals surface area contributed by atoms with Crippen LogP contribution >= 0.6 is 11.8 Å². The second-order valence-electron chi connectivity index (χ2n) is 6.01. The van der Waals surface area contributed by atoms with Gasteiger partial charge in [-0.2, -0.15) is 0 Å². The summed E-state index contributed by atoms with van der Waals surface area (Å²) in [6, 6.07) is 24.9. The minimum atomic E-state index is -0.182. The van der Waals surface area contributed by atoms with Crippen LogP contribution < -0.4 is 0 Å². The van der Waals surface area contributed by atoms with Crippen LogP contribution in [0.5, 0.6) is 0 Å². The van der Waals surface area contributed by atoms with E-state index in [0.717, 1.165) is 28.0 Å². The van der Waals surface area contributed by atoms with Gasteiger partial charge in [0, 0.05) is 17.1 Å². The SMILES string of the molecule is O=C1OCCC(c2ccccc2)=C1CSc1ccc2ccccc2c1. The molecule has 2 nitrogen and oxygen atoms in total. The summed E-state index contributed by atoms with van der Waals surface area (Å²) in [7, 11) is 0. The summed E-state index contributed by atoms with van der Waals surface area (Å²) in [4.78, 5) is 13.5. The van der Waals surface area contributed by atoms with E-state index >= 15 is 0 Å². The predicted octanol–water partition coefficient (Wildman–Crippen LogP) is 5.33. The number of cyclic esters (lactones) is 1. The van der Waals surface area contributed by atoms with Crippen molar-refractivity contribution in [3.8, 4) is 0 Å². The highest BCUT2D eigenvalue weighted by molar-refractivity contribution is 7.99. The largest absolute Gasteiger partial charge is 0.462 e. The number of rotatable bonds is 4. The first-order valence-electron chi connectivity index (χ1n) is 8.37. The molecule has 0 saturated carbocycles. The molecule has 124 valence electrons. The number of hydrogen-bond acceptors (Lipinski definition) is 3. The first-order valence-corrected chi connectivity index (χ1v) is 9.36. The van der Waals surface area contributed by atoms with Crippen molar-refractivity contribution < 1.29 is 9.53 Å². The van der Waals surface area contributed by atoms with Crippen molar-refractivity contribution >= 4 is 34.1 Å². The molecule has 1 heterocycles. The van der Waals surface area contributed by atoms with E-state index < -0.39 is 0 Å². The van der Waals surface area contributed by atoms with Gasteiger partial charge in [-0.25, -0.2) is 4.79 Å². The molecule has 0 bridgehead atoms. The molecule has 0 radical (unpaired) electrons. The molecule has 3 heteroatoms. The minimum Gasteiger partial charge on any atom is -0.462 e. The Morgan fingerprint density at radius 3 is 2.48 bits per heavy atom. The van der Waals surface area contributed by atoms with Crippen LogP contribution in [0.15, 0.2) is 83.3 Å². The second kappa shape index (κ2) is 7.16. The van der Waals surface area contributed by atoms with Crippen LogP contribution in [0.3, 0.4) is 0 Å². The summed E-state index contributed by atoms with van der Waals surface area (Å²) < 4.78 is 5.29. The molecule has 25 heavy (non-hydrogen) atoms. The van der Waals surface area contributed by atoms with Gasteiger partial charge in [-0.15, -0.1) is 11.8 Å². The van der Waals surface area contributed by atoms with E-state index in [9.17, 15) is 4.79 Å². The van der Waals surface area contributed by atoms with Gasteiger partial charge in [-0.1, -0.05) is 60.7 Å². The Morgan fingerprint density at radius 1 is 0.880 bits per heavy atom. The van der Waals surface area contributed by atoms with Crippen LogP contribution in [0.4, 0.5) is 0 Å². The van der Waals surface area contributed by atoms with Crippen LogP contribution in [0.2, 0.25) is 0 Å². The summed E-state index contributed by atoms with van der Waals surface area (Å²) >= 11 is 1.69. The molecule has 1 aliphatic rings. The molecule has 0 spiro atoms. The van der Waals surface area contributed by atoms with E-state index in [1.807, 2.05) is 30.3 Å². The van der Waals surface area contributed by atoms with Crippen LogP contribution in [0, 0.1) is 0 Å². The van der Waals surface area contributed by atoms with Crippen molar-refractivity contribution in [1.29, 1.82) is 0 Å². The molecule has 0 unspecified atom stereocenters. The Kier molecular flexibility index (Phi) is 4.57. The lowest BCUT2D eigenvalue weighted by molar-refractivity contribution is -0.139. The van der Waals surface area contributed by atoms with Crippen molar-refractivity contribution in [3.05, 3.63) is 83.9 Å². The fourth-order valence-electron chi connectivity index (χ4n) is 3.12. The van der Waals surface area contributed by atoms with Crippen LogP contribution in [-0.4, -0.2) is 18.3 Å². The third-order valence-corrected chi connectivity index (χ3v) is 5.44. The number of carbonyl (C=O) groups excluding carboxylic acids is 1. The molecular weight excluding hydrogens is 328 g/mol. The highest BCUT2D eigenvalue weighted by Gasteiger charge is 2.23. The number of carbonyl (C=O) groups is 1. The first-order chi connectivity index (χ1) is 12.3. The Bertz CT molecular complexity index is 944. The standard InChI is InChI=1S/C22H18O2S/c23-22-21(20(12-13-24-22)17-7-2-1-3-8-17)15-25-19-11-10-16-6-4-5-9-18(16)14-19/h1-11,14H,12-13,15H2. The lowest BCUT2D eigenvalue weighted by Gasteiger charge is -2.20. The van der Waals surface area contributed by atoms with E-state index in [1.54, 1.807) is 11.8 Å².